The summed E-state index contributed by atoms with van der Waals surface area (Å²) in [4.78, 5) is 15.4. The molecule has 1 aliphatic heterocycles. The molecule has 406 valence electrons. The monoisotopic (exact) mass is 1100 g/mol. The molecule has 16 aromatic rings. The molecular formula is C75H52BN3O6. The third kappa shape index (κ3) is 8.76. The Morgan fingerprint density at radius 2 is 0.647 bits per heavy atom. The topological polar surface area (TPSA) is 110 Å². The first-order valence-corrected chi connectivity index (χ1v) is 28.6. The van der Waals surface area contributed by atoms with E-state index in [1.165, 1.54) is 0 Å². The Morgan fingerprint density at radius 1 is 0.259 bits per heavy atom. The lowest BCUT2D eigenvalue weighted by Crippen LogP contribution is -2.41. The van der Waals surface area contributed by atoms with E-state index in [1.54, 1.807) is 0 Å². The van der Waals surface area contributed by atoms with E-state index in [4.69, 9.17) is 41.9 Å². The second-order valence-electron chi connectivity index (χ2n) is 22.9. The van der Waals surface area contributed by atoms with Gasteiger partial charge in [-0.3, -0.25) is 0 Å². The van der Waals surface area contributed by atoms with Crippen LogP contribution in [0.5, 0.6) is 0 Å². The largest absolute Gasteiger partial charge is 0.494 e. The van der Waals surface area contributed by atoms with Crippen molar-refractivity contribution in [2.45, 2.75) is 38.9 Å². The van der Waals surface area contributed by atoms with Gasteiger partial charge in [-0.05, 0) is 127 Å². The average molecular weight is 1100 g/mol. The van der Waals surface area contributed by atoms with E-state index < -0.39 is 7.12 Å². The number of hydrogen-bond donors (Lipinski definition) is 0. The summed E-state index contributed by atoms with van der Waals surface area (Å²) < 4.78 is 37.3. The fourth-order valence-corrected chi connectivity index (χ4v) is 11.9. The van der Waals surface area contributed by atoms with E-state index in [0.29, 0.717) is 17.5 Å². The van der Waals surface area contributed by atoms with Crippen molar-refractivity contribution in [3.05, 3.63) is 243 Å². The van der Waals surface area contributed by atoms with Crippen molar-refractivity contribution in [1.29, 1.82) is 0 Å². The van der Waals surface area contributed by atoms with Gasteiger partial charge in [-0.2, -0.15) is 0 Å². The Bertz CT molecular complexity index is 5260. The van der Waals surface area contributed by atoms with Gasteiger partial charge in [0.25, 0.3) is 0 Å². The number of rotatable bonds is 7. The first kappa shape index (κ1) is 50.3. The second kappa shape index (κ2) is 19.6. The van der Waals surface area contributed by atoms with E-state index in [1.807, 2.05) is 66.7 Å². The number of hydrogen-bond acceptors (Lipinski definition) is 9. The molecule has 9 nitrogen and oxygen atoms in total. The molecule has 0 atom stereocenters. The Balaban J connectivity index is 0.000000170. The third-order valence-electron chi connectivity index (χ3n) is 17.1. The normalized spacial score (nSPS) is 14.0. The van der Waals surface area contributed by atoms with Crippen LogP contribution in [0, 0.1) is 0 Å². The smallest absolute Gasteiger partial charge is 0.456 e. The average Bonchev–Trinajstić information content (AvgIpc) is 2.55. The molecule has 0 radical (unpaired) electrons. The van der Waals surface area contributed by atoms with Crippen LogP contribution in [-0.4, -0.2) is 33.3 Å². The highest BCUT2D eigenvalue weighted by molar-refractivity contribution is 6.62. The van der Waals surface area contributed by atoms with E-state index >= 15 is 0 Å². The van der Waals surface area contributed by atoms with Crippen LogP contribution in [0.2, 0.25) is 0 Å². The summed E-state index contributed by atoms with van der Waals surface area (Å²) in [5, 5.41) is 8.42. The molecule has 0 unspecified atom stereocenters. The van der Waals surface area contributed by atoms with Crippen molar-refractivity contribution < 1.29 is 27.0 Å². The van der Waals surface area contributed by atoms with Crippen LogP contribution in [0.15, 0.2) is 260 Å². The molecule has 0 aliphatic carbocycles. The Labute approximate surface area is 488 Å². The molecule has 0 spiro atoms. The Kier molecular flexibility index (Phi) is 11.6. The van der Waals surface area contributed by atoms with Crippen LogP contribution < -0.4 is 5.46 Å². The zero-order valence-corrected chi connectivity index (χ0v) is 47.0. The maximum absolute atomic E-state index is 6.38. The lowest BCUT2D eigenvalue weighted by Gasteiger charge is -2.32. The van der Waals surface area contributed by atoms with Gasteiger partial charge in [0.05, 0.1) is 11.2 Å². The minimum Gasteiger partial charge on any atom is -0.456 e. The zero-order valence-electron chi connectivity index (χ0n) is 47.0. The summed E-state index contributed by atoms with van der Waals surface area (Å²) >= 11 is 0. The predicted molar refractivity (Wildman–Crippen MR) is 344 cm³/mol. The fourth-order valence-electron chi connectivity index (χ4n) is 11.9. The summed E-state index contributed by atoms with van der Waals surface area (Å²) in [6.45, 7) is 8.27. The predicted octanol–water partition coefficient (Wildman–Crippen LogP) is 19.5. The van der Waals surface area contributed by atoms with Crippen LogP contribution in [0.25, 0.3) is 155 Å². The van der Waals surface area contributed by atoms with Crippen molar-refractivity contribution in [2.24, 2.45) is 0 Å². The van der Waals surface area contributed by atoms with Crippen LogP contribution in [-0.2, 0) is 9.31 Å². The molecule has 0 amide bonds. The fraction of sp³-hybridized carbons (Fsp3) is 0.0800. The Morgan fingerprint density at radius 3 is 1.25 bits per heavy atom. The molecule has 0 bridgehead atoms. The van der Waals surface area contributed by atoms with Crippen LogP contribution in [0.4, 0.5) is 0 Å². The standard InChI is InChI=1S/C51H31N3O2.C24H21BO4/c1-3-12-32(13-4-1)33-22-24-35(25-23-33)49-52-50(54-51(53-49)41-20-8-7-18-39(41)34-14-5-2-6-15-34)38-17-11-16-36(28-38)37-26-27-46-42(29-37)44-31-47-43(30-48(44)56-46)40-19-9-10-21-45(40)55-47;1-23(2)24(3,4)29-25(28-23)14-9-10-20-16(11-14)18-13-21-17(12-22(18)27-20)15-7-5-6-8-19(15)26-21/h1-31H;5-13H,1-4H3. The molecule has 11 aromatic carbocycles. The molecule has 17 rings (SSSR count). The highest BCUT2D eigenvalue weighted by atomic mass is 16.7. The first-order valence-electron chi connectivity index (χ1n) is 28.6. The molecule has 6 heterocycles. The maximum atomic E-state index is 6.38. The quantitative estimate of drug-likeness (QED) is 0.144. The maximum Gasteiger partial charge on any atom is 0.494 e. The second-order valence-corrected chi connectivity index (χ2v) is 22.9. The SMILES string of the molecule is CC1(C)OB(c2ccc3oc4cc5c(cc4c3c2)oc2ccccc25)OC1(C)C.c1ccc(-c2ccc(-c3nc(-c4cccc(-c5ccc6oc7cc8c(cc7c6c5)oc5ccccc58)c4)nc(-c4ccccc4-c4ccccc4)n3)cc2)cc1. The van der Waals surface area contributed by atoms with Gasteiger partial charge < -0.3 is 27.0 Å². The molecular weight excluding hydrogens is 1050 g/mol. The molecule has 1 aliphatic rings. The molecule has 85 heavy (non-hydrogen) atoms. The van der Waals surface area contributed by atoms with Crippen LogP contribution in [0.1, 0.15) is 27.7 Å². The summed E-state index contributed by atoms with van der Waals surface area (Å²) in [5.41, 5.74) is 16.4. The van der Waals surface area contributed by atoms with Gasteiger partial charge in [-0.1, -0.05) is 182 Å². The third-order valence-corrected chi connectivity index (χ3v) is 17.1. The van der Waals surface area contributed by atoms with Crippen LogP contribution >= 0.6 is 0 Å². The summed E-state index contributed by atoms with van der Waals surface area (Å²) in [6.07, 6.45) is 0. The van der Waals surface area contributed by atoms with E-state index in [9.17, 15) is 0 Å². The minimum atomic E-state index is -0.399. The van der Waals surface area contributed by atoms with Gasteiger partial charge in [-0.15, -0.1) is 0 Å². The number of fused-ring (bicyclic) bond motifs is 12. The van der Waals surface area contributed by atoms with Crippen molar-refractivity contribution in [2.75, 3.05) is 0 Å². The lowest BCUT2D eigenvalue weighted by molar-refractivity contribution is 0.00578. The summed E-state index contributed by atoms with van der Waals surface area (Å²) in [7, 11) is -0.399. The number of aromatic nitrogens is 3. The van der Waals surface area contributed by atoms with Gasteiger partial charge in [0.2, 0.25) is 0 Å². The van der Waals surface area contributed by atoms with Crippen molar-refractivity contribution in [3.8, 4) is 67.5 Å². The van der Waals surface area contributed by atoms with E-state index in [0.717, 1.165) is 143 Å². The molecule has 5 aromatic heterocycles. The molecule has 0 saturated carbocycles. The molecule has 0 N–H and O–H groups in total. The molecule has 10 heteroatoms. The molecule has 1 fully saturated rings. The van der Waals surface area contributed by atoms with Crippen molar-refractivity contribution in [1.82, 2.24) is 15.0 Å². The first-order chi connectivity index (χ1) is 41.5. The number of nitrogens with zero attached hydrogens (tertiary/aromatic N) is 3. The van der Waals surface area contributed by atoms with Gasteiger partial charge in [-0.25, -0.2) is 15.0 Å². The summed E-state index contributed by atoms with van der Waals surface area (Å²) in [5.74, 6) is 1.83. The van der Waals surface area contributed by atoms with Crippen molar-refractivity contribution in [3.63, 3.8) is 0 Å². The highest BCUT2D eigenvalue weighted by Gasteiger charge is 2.51. The van der Waals surface area contributed by atoms with Crippen molar-refractivity contribution >= 4 is 100 Å². The zero-order chi connectivity index (χ0) is 57.0. The lowest BCUT2D eigenvalue weighted by atomic mass is 9.78. The van der Waals surface area contributed by atoms with Crippen LogP contribution in [0.3, 0.4) is 0 Å². The number of para-hydroxylation sites is 2. The summed E-state index contributed by atoms with van der Waals surface area (Å²) in [6, 6.07) is 82.9. The number of furan rings is 4. The van der Waals surface area contributed by atoms with E-state index in [-0.39, 0.29) is 11.2 Å². The van der Waals surface area contributed by atoms with Gasteiger partial charge in [0.15, 0.2) is 17.5 Å². The highest BCUT2D eigenvalue weighted by Crippen LogP contribution is 2.42. The number of benzene rings is 11. The van der Waals surface area contributed by atoms with Gasteiger partial charge in [0, 0.05) is 59.8 Å². The Hall–Kier alpha value is -10.4. The van der Waals surface area contributed by atoms with Gasteiger partial charge >= 0.3 is 7.12 Å². The molecule has 1 saturated heterocycles. The van der Waals surface area contributed by atoms with Gasteiger partial charge in [0.1, 0.15) is 44.7 Å². The minimum absolute atomic E-state index is 0.370. The van der Waals surface area contributed by atoms with E-state index in [2.05, 4.69) is 204 Å².